The van der Waals surface area contributed by atoms with Crippen LogP contribution in [0.25, 0.3) is 0 Å². The van der Waals surface area contributed by atoms with E-state index in [-0.39, 0.29) is 5.91 Å². The normalized spacial score (nSPS) is 13.2. The zero-order valence-corrected chi connectivity index (χ0v) is 15.7. The smallest absolute Gasteiger partial charge is 0.273 e. The van der Waals surface area contributed by atoms with Gasteiger partial charge >= 0.3 is 0 Å². The first-order valence-corrected chi connectivity index (χ1v) is 9.31. The van der Waals surface area contributed by atoms with Crippen molar-refractivity contribution in [3.8, 4) is 11.5 Å². The lowest BCUT2D eigenvalue weighted by atomic mass is 10.2. The SMILES string of the molecule is COc1cc(CNC(=O)c2cc(C3CC3)on2)ccc1OCc1ccccc1. The van der Waals surface area contributed by atoms with Crippen LogP contribution < -0.4 is 14.8 Å². The summed E-state index contributed by atoms with van der Waals surface area (Å²) in [7, 11) is 1.60. The third kappa shape index (κ3) is 4.34. The number of ether oxygens (including phenoxy) is 2. The molecule has 1 aliphatic rings. The molecular formula is C22H22N2O4. The van der Waals surface area contributed by atoms with Gasteiger partial charge in [-0.15, -0.1) is 0 Å². The Bertz CT molecular complexity index is 948. The standard InChI is InChI=1S/C22H22N2O4/c1-26-21-11-16(7-10-19(21)27-14-15-5-3-2-4-6-15)13-23-22(25)18-12-20(28-24-18)17-8-9-17/h2-7,10-12,17H,8-9,13-14H2,1H3,(H,23,25). The number of nitrogens with one attached hydrogen (secondary N) is 1. The maximum atomic E-state index is 12.3. The molecule has 3 aromatic rings. The number of hydrogen-bond acceptors (Lipinski definition) is 5. The van der Waals surface area contributed by atoms with Gasteiger partial charge in [-0.1, -0.05) is 41.6 Å². The van der Waals surface area contributed by atoms with Crippen LogP contribution in [0, 0.1) is 0 Å². The van der Waals surface area contributed by atoms with Crippen molar-refractivity contribution >= 4 is 5.91 Å². The highest BCUT2D eigenvalue weighted by molar-refractivity contribution is 5.92. The van der Waals surface area contributed by atoms with Crippen LogP contribution in [0.1, 0.15) is 46.1 Å². The predicted molar refractivity (Wildman–Crippen MR) is 103 cm³/mol. The molecule has 6 heteroatoms. The van der Waals surface area contributed by atoms with Gasteiger partial charge in [0, 0.05) is 18.5 Å². The molecule has 28 heavy (non-hydrogen) atoms. The van der Waals surface area contributed by atoms with E-state index in [2.05, 4.69) is 10.5 Å². The highest BCUT2D eigenvalue weighted by atomic mass is 16.5. The Morgan fingerprint density at radius 3 is 2.68 bits per heavy atom. The quantitative estimate of drug-likeness (QED) is 0.640. The topological polar surface area (TPSA) is 73.6 Å². The summed E-state index contributed by atoms with van der Waals surface area (Å²) in [5, 5.41) is 6.72. The molecule has 144 valence electrons. The number of carbonyl (C=O) groups excluding carboxylic acids is 1. The molecule has 0 saturated heterocycles. The predicted octanol–water partition coefficient (Wildman–Crippen LogP) is 4.07. The second-order valence-electron chi connectivity index (χ2n) is 6.83. The van der Waals surface area contributed by atoms with Gasteiger partial charge in [0.25, 0.3) is 5.91 Å². The van der Waals surface area contributed by atoms with Crippen molar-refractivity contribution in [3.63, 3.8) is 0 Å². The third-order valence-corrected chi connectivity index (χ3v) is 4.66. The fourth-order valence-electron chi connectivity index (χ4n) is 2.91. The Labute approximate surface area is 163 Å². The van der Waals surface area contributed by atoms with Crippen molar-refractivity contribution in [1.82, 2.24) is 10.5 Å². The van der Waals surface area contributed by atoms with E-state index in [1.54, 1.807) is 13.2 Å². The number of methoxy groups -OCH3 is 1. The monoisotopic (exact) mass is 378 g/mol. The average molecular weight is 378 g/mol. The van der Waals surface area contributed by atoms with Crippen LogP contribution in [0.4, 0.5) is 0 Å². The number of aromatic nitrogens is 1. The molecule has 0 aliphatic heterocycles. The van der Waals surface area contributed by atoms with Crippen LogP contribution in [0.3, 0.4) is 0 Å². The summed E-state index contributed by atoms with van der Waals surface area (Å²) < 4.78 is 16.5. The molecule has 1 saturated carbocycles. The summed E-state index contributed by atoms with van der Waals surface area (Å²) in [5.74, 6) is 2.26. The molecule has 4 rings (SSSR count). The Hall–Kier alpha value is -3.28. The number of amides is 1. The summed E-state index contributed by atoms with van der Waals surface area (Å²) in [6, 6.07) is 17.3. The first kappa shape index (κ1) is 18.1. The molecule has 1 fully saturated rings. The Morgan fingerprint density at radius 2 is 1.93 bits per heavy atom. The van der Waals surface area contributed by atoms with Crippen LogP contribution in [0.2, 0.25) is 0 Å². The minimum absolute atomic E-state index is 0.251. The van der Waals surface area contributed by atoms with Crippen LogP contribution in [0.5, 0.6) is 11.5 Å². The summed E-state index contributed by atoms with van der Waals surface area (Å²) in [6.07, 6.45) is 2.21. The summed E-state index contributed by atoms with van der Waals surface area (Å²) in [4.78, 5) is 12.3. The van der Waals surface area contributed by atoms with Crippen molar-refractivity contribution in [1.29, 1.82) is 0 Å². The molecule has 0 unspecified atom stereocenters. The van der Waals surface area contributed by atoms with Gasteiger partial charge in [0.15, 0.2) is 17.2 Å². The minimum atomic E-state index is -0.251. The maximum absolute atomic E-state index is 12.3. The third-order valence-electron chi connectivity index (χ3n) is 4.66. The fourth-order valence-corrected chi connectivity index (χ4v) is 2.91. The van der Waals surface area contributed by atoms with E-state index in [9.17, 15) is 4.79 Å². The largest absolute Gasteiger partial charge is 0.493 e. The highest BCUT2D eigenvalue weighted by Crippen LogP contribution is 2.40. The van der Waals surface area contributed by atoms with E-state index in [1.807, 2.05) is 48.5 Å². The van der Waals surface area contributed by atoms with Gasteiger partial charge in [-0.05, 0) is 36.1 Å². The van der Waals surface area contributed by atoms with Gasteiger partial charge in [0.05, 0.1) is 7.11 Å². The number of nitrogens with zero attached hydrogens (tertiary/aromatic N) is 1. The van der Waals surface area contributed by atoms with E-state index in [4.69, 9.17) is 14.0 Å². The van der Waals surface area contributed by atoms with Crippen molar-refractivity contribution in [2.45, 2.75) is 31.9 Å². The zero-order chi connectivity index (χ0) is 19.3. The Kier molecular flexibility index (Phi) is 5.28. The zero-order valence-electron chi connectivity index (χ0n) is 15.7. The molecule has 1 amide bonds. The van der Waals surface area contributed by atoms with Crippen LogP contribution in [-0.4, -0.2) is 18.2 Å². The van der Waals surface area contributed by atoms with Gasteiger partial charge in [-0.25, -0.2) is 0 Å². The number of benzene rings is 2. The molecule has 0 bridgehead atoms. The van der Waals surface area contributed by atoms with E-state index in [0.717, 1.165) is 29.7 Å². The second-order valence-corrected chi connectivity index (χ2v) is 6.83. The summed E-state index contributed by atoms with van der Waals surface area (Å²) >= 11 is 0. The van der Waals surface area contributed by atoms with E-state index >= 15 is 0 Å². The molecule has 1 heterocycles. The average Bonchev–Trinajstić information content (AvgIpc) is 3.48. The van der Waals surface area contributed by atoms with Crippen LogP contribution >= 0.6 is 0 Å². The van der Waals surface area contributed by atoms with Crippen molar-refractivity contribution < 1.29 is 18.8 Å². The van der Waals surface area contributed by atoms with Gasteiger partial charge in [0.2, 0.25) is 0 Å². The Morgan fingerprint density at radius 1 is 1.11 bits per heavy atom. The first-order valence-electron chi connectivity index (χ1n) is 9.31. The molecule has 1 N–H and O–H groups in total. The van der Waals surface area contributed by atoms with E-state index in [1.165, 1.54) is 0 Å². The minimum Gasteiger partial charge on any atom is -0.493 e. The molecule has 6 nitrogen and oxygen atoms in total. The molecular weight excluding hydrogens is 356 g/mol. The fraction of sp³-hybridized carbons (Fsp3) is 0.273. The van der Waals surface area contributed by atoms with Crippen molar-refractivity contribution in [3.05, 3.63) is 77.2 Å². The van der Waals surface area contributed by atoms with Crippen molar-refractivity contribution in [2.24, 2.45) is 0 Å². The molecule has 2 aromatic carbocycles. The van der Waals surface area contributed by atoms with Crippen molar-refractivity contribution in [2.75, 3.05) is 7.11 Å². The molecule has 0 radical (unpaired) electrons. The van der Waals surface area contributed by atoms with Gasteiger partial charge in [-0.2, -0.15) is 0 Å². The molecule has 0 spiro atoms. The molecule has 0 atom stereocenters. The lowest BCUT2D eigenvalue weighted by Crippen LogP contribution is -2.23. The molecule has 1 aliphatic carbocycles. The highest BCUT2D eigenvalue weighted by Gasteiger charge is 2.28. The van der Waals surface area contributed by atoms with Gasteiger partial charge < -0.3 is 19.3 Å². The summed E-state index contributed by atoms with van der Waals surface area (Å²) in [5.41, 5.74) is 2.30. The van der Waals surface area contributed by atoms with E-state index < -0.39 is 0 Å². The first-order chi connectivity index (χ1) is 13.7. The van der Waals surface area contributed by atoms with Crippen LogP contribution in [-0.2, 0) is 13.2 Å². The molecule has 1 aromatic heterocycles. The second kappa shape index (κ2) is 8.17. The van der Waals surface area contributed by atoms with Gasteiger partial charge in [-0.3, -0.25) is 4.79 Å². The summed E-state index contributed by atoms with van der Waals surface area (Å²) in [6.45, 7) is 0.822. The number of carbonyl (C=O) groups is 1. The van der Waals surface area contributed by atoms with Crippen LogP contribution in [0.15, 0.2) is 59.1 Å². The maximum Gasteiger partial charge on any atom is 0.273 e. The lowest BCUT2D eigenvalue weighted by molar-refractivity contribution is 0.0941. The van der Waals surface area contributed by atoms with E-state index in [0.29, 0.717) is 36.3 Å². The lowest BCUT2D eigenvalue weighted by Gasteiger charge is -2.12. The number of hydrogen-bond donors (Lipinski definition) is 1. The number of rotatable bonds is 8. The van der Waals surface area contributed by atoms with Gasteiger partial charge in [0.1, 0.15) is 12.4 Å². The Balaban J connectivity index is 1.35.